The fourth-order valence-corrected chi connectivity index (χ4v) is 2.90. The van der Waals surface area contributed by atoms with Crippen LogP contribution in [0.25, 0.3) is 0 Å². The molecular weight excluding hydrogens is 336 g/mol. The van der Waals surface area contributed by atoms with Crippen molar-refractivity contribution in [3.63, 3.8) is 0 Å². The van der Waals surface area contributed by atoms with Crippen molar-refractivity contribution in [3.05, 3.63) is 35.2 Å². The zero-order valence-electron chi connectivity index (χ0n) is 15.8. The summed E-state index contributed by atoms with van der Waals surface area (Å²) in [4.78, 5) is 10.4. The van der Waals surface area contributed by atoms with Gasteiger partial charge in [0.1, 0.15) is 11.4 Å². The van der Waals surface area contributed by atoms with Crippen molar-refractivity contribution >= 4 is 12.5 Å². The Morgan fingerprint density at radius 3 is 2.73 bits per heavy atom. The average Bonchev–Trinajstić information content (AvgIpc) is 2.94. The van der Waals surface area contributed by atoms with Crippen molar-refractivity contribution in [3.8, 4) is 5.75 Å². The number of carboxylic acid groups (broad SMARTS) is 1. The Morgan fingerprint density at radius 1 is 1.38 bits per heavy atom. The standard InChI is InChI=1S/C17H24N4O2.CH2O2/c1-11-6-7-14-12(8-11)13(9-17(2,3)23-14)18-16-20-19-15(22-16)10-21(4)5;2-1-3/h6-8,13H,9-10H2,1-5H3,(H,18,20);1H,(H,2,3). The molecule has 3 rings (SSSR count). The largest absolute Gasteiger partial charge is 0.487 e. The lowest BCUT2D eigenvalue weighted by atomic mass is 9.89. The lowest BCUT2D eigenvalue weighted by Gasteiger charge is -2.37. The Bertz CT molecular complexity index is 743. The molecule has 0 radical (unpaired) electrons. The molecule has 142 valence electrons. The summed E-state index contributed by atoms with van der Waals surface area (Å²) in [5, 5.41) is 18.5. The summed E-state index contributed by atoms with van der Waals surface area (Å²) < 4.78 is 11.8. The number of nitrogens with zero attached hydrogens (tertiary/aromatic N) is 3. The van der Waals surface area contributed by atoms with E-state index in [1.165, 1.54) is 5.56 Å². The van der Waals surface area contributed by atoms with Gasteiger partial charge in [0.25, 0.3) is 6.47 Å². The summed E-state index contributed by atoms with van der Waals surface area (Å²) in [6.45, 7) is 6.65. The van der Waals surface area contributed by atoms with Crippen molar-refractivity contribution in [1.82, 2.24) is 15.1 Å². The van der Waals surface area contributed by atoms with E-state index in [1.54, 1.807) is 0 Å². The molecule has 0 spiro atoms. The Morgan fingerprint density at radius 2 is 2.08 bits per heavy atom. The number of aromatic nitrogens is 2. The fraction of sp³-hybridized carbons (Fsp3) is 0.500. The topological polar surface area (TPSA) is 101 Å². The van der Waals surface area contributed by atoms with E-state index < -0.39 is 0 Å². The molecule has 2 aromatic rings. The Hall–Kier alpha value is -2.61. The number of carbonyl (C=O) groups is 1. The maximum atomic E-state index is 8.36. The molecular formula is C18H26N4O4. The van der Waals surface area contributed by atoms with Gasteiger partial charge in [0.15, 0.2) is 0 Å². The van der Waals surface area contributed by atoms with Crippen LogP contribution in [-0.2, 0) is 11.3 Å². The van der Waals surface area contributed by atoms with E-state index in [9.17, 15) is 0 Å². The summed E-state index contributed by atoms with van der Waals surface area (Å²) in [6, 6.07) is 6.79. The van der Waals surface area contributed by atoms with Gasteiger partial charge in [0, 0.05) is 12.0 Å². The molecule has 1 aromatic carbocycles. The second kappa shape index (κ2) is 8.18. The number of nitrogens with one attached hydrogen (secondary N) is 1. The van der Waals surface area contributed by atoms with Crippen molar-refractivity contribution in [2.24, 2.45) is 0 Å². The highest BCUT2D eigenvalue weighted by molar-refractivity contribution is 5.44. The molecule has 0 saturated carbocycles. The van der Waals surface area contributed by atoms with E-state index in [0.717, 1.165) is 17.7 Å². The Kier molecular flexibility index (Phi) is 6.20. The van der Waals surface area contributed by atoms with E-state index in [4.69, 9.17) is 19.1 Å². The van der Waals surface area contributed by atoms with Crippen LogP contribution < -0.4 is 10.1 Å². The molecule has 0 fully saturated rings. The van der Waals surface area contributed by atoms with E-state index in [1.807, 2.05) is 25.1 Å². The number of anilines is 1. The van der Waals surface area contributed by atoms with Crippen molar-refractivity contribution in [1.29, 1.82) is 0 Å². The van der Waals surface area contributed by atoms with Crippen LogP contribution in [0.4, 0.5) is 6.01 Å². The smallest absolute Gasteiger partial charge is 0.316 e. The molecule has 1 atom stereocenters. The normalized spacial score (nSPS) is 17.5. The number of rotatable bonds is 4. The van der Waals surface area contributed by atoms with Gasteiger partial charge in [-0.3, -0.25) is 4.79 Å². The first-order chi connectivity index (χ1) is 12.2. The molecule has 1 aliphatic heterocycles. The molecule has 0 aliphatic carbocycles. The SMILES string of the molecule is Cc1ccc2c(c1)C(Nc1nnc(CN(C)C)o1)CC(C)(C)O2.O=CO. The first-order valence-corrected chi connectivity index (χ1v) is 8.35. The van der Waals surface area contributed by atoms with E-state index in [2.05, 4.69) is 48.4 Å². The molecule has 26 heavy (non-hydrogen) atoms. The Balaban J connectivity index is 0.000000758. The van der Waals surface area contributed by atoms with Gasteiger partial charge in [-0.25, -0.2) is 0 Å². The molecule has 8 nitrogen and oxygen atoms in total. The summed E-state index contributed by atoms with van der Waals surface area (Å²) >= 11 is 0. The van der Waals surface area contributed by atoms with Crippen LogP contribution in [0.2, 0.25) is 0 Å². The highest BCUT2D eigenvalue weighted by Crippen LogP contribution is 2.41. The minimum atomic E-state index is -0.250. The van der Waals surface area contributed by atoms with E-state index in [-0.39, 0.29) is 18.1 Å². The minimum Gasteiger partial charge on any atom is -0.487 e. The van der Waals surface area contributed by atoms with E-state index in [0.29, 0.717) is 18.5 Å². The van der Waals surface area contributed by atoms with Crippen molar-refractivity contribution in [2.45, 2.75) is 45.4 Å². The third-order valence-electron chi connectivity index (χ3n) is 3.84. The molecule has 2 heterocycles. The zero-order valence-corrected chi connectivity index (χ0v) is 15.8. The van der Waals surface area contributed by atoms with Crippen LogP contribution in [0.5, 0.6) is 5.75 Å². The van der Waals surface area contributed by atoms with Gasteiger partial charge >= 0.3 is 6.01 Å². The second-order valence-corrected chi connectivity index (χ2v) is 7.15. The number of aryl methyl sites for hydroxylation is 1. The van der Waals surface area contributed by atoms with Gasteiger partial charge < -0.3 is 24.5 Å². The van der Waals surface area contributed by atoms with E-state index >= 15 is 0 Å². The third kappa shape index (κ3) is 5.19. The lowest BCUT2D eigenvalue weighted by molar-refractivity contribution is -0.122. The average molecular weight is 362 g/mol. The molecule has 0 saturated heterocycles. The monoisotopic (exact) mass is 362 g/mol. The first kappa shape index (κ1) is 19.7. The number of benzene rings is 1. The summed E-state index contributed by atoms with van der Waals surface area (Å²) in [6.07, 6.45) is 0.828. The summed E-state index contributed by atoms with van der Waals surface area (Å²) in [7, 11) is 3.94. The van der Waals surface area contributed by atoms with Crippen molar-refractivity contribution < 1.29 is 19.1 Å². The van der Waals surface area contributed by atoms with Crippen LogP contribution in [0.15, 0.2) is 22.6 Å². The Labute approximate surface area is 153 Å². The number of ether oxygens (including phenoxy) is 1. The number of hydrogen-bond donors (Lipinski definition) is 2. The third-order valence-corrected chi connectivity index (χ3v) is 3.84. The minimum absolute atomic E-state index is 0.0845. The lowest BCUT2D eigenvalue weighted by Crippen LogP contribution is -2.37. The number of hydrogen-bond acceptors (Lipinski definition) is 7. The predicted octanol–water partition coefficient (Wildman–Crippen LogP) is 2.85. The summed E-state index contributed by atoms with van der Waals surface area (Å²) in [5.74, 6) is 1.52. The molecule has 1 aromatic heterocycles. The maximum Gasteiger partial charge on any atom is 0.316 e. The van der Waals surface area contributed by atoms with Crippen LogP contribution in [0.1, 0.15) is 43.3 Å². The molecule has 0 bridgehead atoms. The molecule has 8 heteroatoms. The molecule has 0 amide bonds. The van der Waals surface area contributed by atoms with Gasteiger partial charge in [-0.15, -0.1) is 5.10 Å². The van der Waals surface area contributed by atoms with Gasteiger partial charge in [-0.05, 0) is 40.9 Å². The van der Waals surface area contributed by atoms with Crippen LogP contribution >= 0.6 is 0 Å². The van der Waals surface area contributed by atoms with Crippen LogP contribution in [0.3, 0.4) is 0 Å². The van der Waals surface area contributed by atoms with Crippen LogP contribution in [0, 0.1) is 6.92 Å². The fourth-order valence-electron chi connectivity index (χ4n) is 2.90. The highest BCUT2D eigenvalue weighted by Gasteiger charge is 2.34. The second-order valence-electron chi connectivity index (χ2n) is 7.15. The predicted molar refractivity (Wildman–Crippen MR) is 97.2 cm³/mol. The van der Waals surface area contributed by atoms with Crippen molar-refractivity contribution in [2.75, 3.05) is 19.4 Å². The maximum absolute atomic E-state index is 8.36. The van der Waals surface area contributed by atoms with Gasteiger partial charge in [-0.1, -0.05) is 22.8 Å². The van der Waals surface area contributed by atoms with Gasteiger partial charge in [0.05, 0.1) is 12.6 Å². The zero-order chi connectivity index (χ0) is 19.3. The summed E-state index contributed by atoms with van der Waals surface area (Å²) in [5.41, 5.74) is 2.10. The molecule has 1 unspecified atom stereocenters. The first-order valence-electron chi connectivity index (χ1n) is 8.35. The molecule has 2 N–H and O–H groups in total. The quantitative estimate of drug-likeness (QED) is 0.801. The highest BCUT2D eigenvalue weighted by atomic mass is 16.5. The van der Waals surface area contributed by atoms with Gasteiger partial charge in [0.2, 0.25) is 5.89 Å². The molecule has 1 aliphatic rings. The number of fused-ring (bicyclic) bond motifs is 1. The van der Waals surface area contributed by atoms with Gasteiger partial charge in [-0.2, -0.15) is 0 Å². The van der Waals surface area contributed by atoms with Crippen LogP contribution in [-0.4, -0.2) is 46.4 Å².